The molecule has 0 fully saturated rings. The predicted molar refractivity (Wildman–Crippen MR) is 57.8 cm³/mol. The van der Waals surface area contributed by atoms with Gasteiger partial charge in [0.2, 0.25) is 5.88 Å². The van der Waals surface area contributed by atoms with Gasteiger partial charge in [0.05, 0.1) is 7.11 Å². The second-order valence-electron chi connectivity index (χ2n) is 3.78. The summed E-state index contributed by atoms with van der Waals surface area (Å²) < 4.78 is 6.51. The van der Waals surface area contributed by atoms with E-state index in [4.69, 9.17) is 10.5 Å². The van der Waals surface area contributed by atoms with Crippen LogP contribution >= 0.6 is 0 Å². The van der Waals surface area contributed by atoms with Gasteiger partial charge in [0, 0.05) is 24.8 Å². The number of nitrogens with two attached hydrogens (primary N) is 1. The molecule has 1 heterocycles. The maximum Gasteiger partial charge on any atom is 0.351 e. The average Bonchev–Trinajstić information content (AvgIpc) is 2.20. The van der Waals surface area contributed by atoms with E-state index in [9.17, 15) is 4.79 Å². The molecule has 0 bridgehead atoms. The van der Waals surface area contributed by atoms with Gasteiger partial charge in [-0.15, -0.1) is 0 Å². The summed E-state index contributed by atoms with van der Waals surface area (Å²) in [5, 5.41) is 0. The Morgan fingerprint density at radius 3 is 2.73 bits per heavy atom. The van der Waals surface area contributed by atoms with Crippen molar-refractivity contribution in [3.63, 3.8) is 0 Å². The van der Waals surface area contributed by atoms with E-state index < -0.39 is 0 Å². The van der Waals surface area contributed by atoms with Crippen LogP contribution in [0.15, 0.2) is 10.9 Å². The van der Waals surface area contributed by atoms with Crippen molar-refractivity contribution < 1.29 is 4.74 Å². The lowest BCUT2D eigenvalue weighted by Crippen LogP contribution is -2.29. The third-order valence-corrected chi connectivity index (χ3v) is 2.04. The minimum atomic E-state index is -0.302. The highest BCUT2D eigenvalue weighted by molar-refractivity contribution is 5.14. The lowest BCUT2D eigenvalue weighted by atomic mass is 10.2. The van der Waals surface area contributed by atoms with Crippen LogP contribution in [0.3, 0.4) is 0 Å². The zero-order chi connectivity index (χ0) is 11.4. The summed E-state index contributed by atoms with van der Waals surface area (Å²) in [6.07, 6.45) is 0. The summed E-state index contributed by atoms with van der Waals surface area (Å²) in [7, 11) is 1.48. The Balaban J connectivity index is 3.19. The maximum absolute atomic E-state index is 11.6. The van der Waals surface area contributed by atoms with E-state index in [1.54, 1.807) is 10.6 Å². The third-order valence-electron chi connectivity index (χ3n) is 2.04. The van der Waals surface area contributed by atoms with Crippen LogP contribution in [0.25, 0.3) is 0 Å². The van der Waals surface area contributed by atoms with Crippen LogP contribution in [0.4, 0.5) is 0 Å². The average molecular weight is 211 g/mol. The Kier molecular flexibility index (Phi) is 3.85. The number of ether oxygens (including phenoxy) is 1. The molecular weight excluding hydrogens is 194 g/mol. The molecule has 1 aromatic rings. The van der Waals surface area contributed by atoms with E-state index in [1.807, 2.05) is 13.8 Å². The Morgan fingerprint density at radius 2 is 2.27 bits per heavy atom. The topological polar surface area (TPSA) is 70.1 Å². The van der Waals surface area contributed by atoms with Crippen LogP contribution in [0.1, 0.15) is 19.5 Å². The van der Waals surface area contributed by atoms with E-state index in [0.29, 0.717) is 24.9 Å². The molecule has 1 rings (SSSR count). The van der Waals surface area contributed by atoms with Crippen molar-refractivity contribution in [2.24, 2.45) is 11.7 Å². The smallest absolute Gasteiger partial charge is 0.351 e. The normalized spacial score (nSPS) is 10.7. The lowest BCUT2D eigenvalue weighted by Gasteiger charge is -2.13. The predicted octanol–water partition coefficient (Wildman–Crippen LogP) is 0.367. The molecule has 15 heavy (non-hydrogen) atoms. The van der Waals surface area contributed by atoms with Crippen molar-refractivity contribution in [2.45, 2.75) is 26.9 Å². The van der Waals surface area contributed by atoms with Crippen LogP contribution < -0.4 is 16.2 Å². The van der Waals surface area contributed by atoms with E-state index in [1.165, 1.54) is 7.11 Å². The molecule has 0 radical (unpaired) electrons. The van der Waals surface area contributed by atoms with E-state index in [2.05, 4.69) is 4.98 Å². The number of hydrogen-bond acceptors (Lipinski definition) is 4. The molecule has 1 aromatic heterocycles. The summed E-state index contributed by atoms with van der Waals surface area (Å²) in [5.41, 5.74) is 6.02. The lowest BCUT2D eigenvalue weighted by molar-refractivity contribution is 0.386. The quantitative estimate of drug-likeness (QED) is 0.781. The van der Waals surface area contributed by atoms with Crippen molar-refractivity contribution in [3.05, 3.63) is 22.2 Å². The summed E-state index contributed by atoms with van der Waals surface area (Å²) in [6.45, 7) is 5.01. The zero-order valence-corrected chi connectivity index (χ0v) is 9.36. The SMILES string of the molecule is COc1cc(CN)n(CC(C)C)c(=O)n1. The Hall–Kier alpha value is -1.36. The first-order valence-electron chi connectivity index (χ1n) is 4.93. The van der Waals surface area contributed by atoms with E-state index in [0.717, 1.165) is 5.69 Å². The minimum Gasteiger partial charge on any atom is -0.481 e. The highest BCUT2D eigenvalue weighted by Crippen LogP contribution is 2.07. The van der Waals surface area contributed by atoms with Crippen molar-refractivity contribution >= 4 is 0 Å². The molecule has 0 unspecified atom stereocenters. The number of hydrogen-bond donors (Lipinski definition) is 1. The summed E-state index contributed by atoms with van der Waals surface area (Å²) in [6, 6.07) is 1.70. The van der Waals surface area contributed by atoms with Gasteiger partial charge in [-0.05, 0) is 5.92 Å². The van der Waals surface area contributed by atoms with Crippen molar-refractivity contribution in [1.82, 2.24) is 9.55 Å². The van der Waals surface area contributed by atoms with Crippen LogP contribution in [0.5, 0.6) is 5.88 Å². The molecule has 0 aliphatic carbocycles. The van der Waals surface area contributed by atoms with Crippen molar-refractivity contribution in [1.29, 1.82) is 0 Å². The zero-order valence-electron chi connectivity index (χ0n) is 9.36. The molecule has 0 amide bonds. The molecule has 0 saturated carbocycles. The summed E-state index contributed by atoms with van der Waals surface area (Å²) >= 11 is 0. The van der Waals surface area contributed by atoms with Gasteiger partial charge in [0.25, 0.3) is 0 Å². The third kappa shape index (κ3) is 2.79. The van der Waals surface area contributed by atoms with Crippen molar-refractivity contribution in [3.8, 4) is 5.88 Å². The molecule has 5 nitrogen and oxygen atoms in total. The van der Waals surface area contributed by atoms with Crippen LogP contribution in [-0.2, 0) is 13.1 Å². The molecule has 0 aliphatic heterocycles. The van der Waals surface area contributed by atoms with Crippen LogP contribution in [0.2, 0.25) is 0 Å². The number of nitrogens with zero attached hydrogens (tertiary/aromatic N) is 2. The van der Waals surface area contributed by atoms with Gasteiger partial charge in [-0.1, -0.05) is 13.8 Å². The Morgan fingerprint density at radius 1 is 1.60 bits per heavy atom. The molecule has 0 saturated heterocycles. The molecule has 0 spiro atoms. The van der Waals surface area contributed by atoms with Gasteiger partial charge in [-0.2, -0.15) is 4.98 Å². The van der Waals surface area contributed by atoms with Crippen molar-refractivity contribution in [2.75, 3.05) is 7.11 Å². The second kappa shape index (κ2) is 4.93. The van der Waals surface area contributed by atoms with Crippen LogP contribution in [0, 0.1) is 5.92 Å². The minimum absolute atomic E-state index is 0.302. The Bertz CT molecular complexity index is 385. The number of aromatic nitrogens is 2. The van der Waals surface area contributed by atoms with E-state index in [-0.39, 0.29) is 5.69 Å². The van der Waals surface area contributed by atoms with Gasteiger partial charge in [-0.25, -0.2) is 4.79 Å². The van der Waals surface area contributed by atoms with Gasteiger partial charge in [0.1, 0.15) is 0 Å². The van der Waals surface area contributed by atoms with Gasteiger partial charge in [0.15, 0.2) is 0 Å². The molecule has 84 valence electrons. The molecule has 2 N–H and O–H groups in total. The fourth-order valence-corrected chi connectivity index (χ4v) is 1.36. The monoisotopic (exact) mass is 211 g/mol. The van der Waals surface area contributed by atoms with Gasteiger partial charge in [-0.3, -0.25) is 4.57 Å². The van der Waals surface area contributed by atoms with E-state index >= 15 is 0 Å². The standard InChI is InChI=1S/C10H17N3O2/c1-7(2)6-13-8(5-11)4-9(15-3)12-10(13)14/h4,7H,5-6,11H2,1-3H3. The molecule has 0 aliphatic rings. The second-order valence-corrected chi connectivity index (χ2v) is 3.78. The fraction of sp³-hybridized carbons (Fsp3) is 0.600. The molecular formula is C10H17N3O2. The fourth-order valence-electron chi connectivity index (χ4n) is 1.36. The molecule has 5 heteroatoms. The van der Waals surface area contributed by atoms with Crippen LogP contribution in [-0.4, -0.2) is 16.7 Å². The Labute approximate surface area is 88.9 Å². The first kappa shape index (κ1) is 11.7. The highest BCUT2D eigenvalue weighted by Gasteiger charge is 2.08. The molecule has 0 atom stereocenters. The number of methoxy groups -OCH3 is 1. The summed E-state index contributed by atoms with van der Waals surface area (Å²) in [4.78, 5) is 15.4. The molecule has 0 aromatic carbocycles. The maximum atomic E-state index is 11.6. The highest BCUT2D eigenvalue weighted by atomic mass is 16.5. The van der Waals surface area contributed by atoms with Gasteiger partial charge >= 0.3 is 5.69 Å². The first-order valence-corrected chi connectivity index (χ1v) is 4.93. The number of rotatable bonds is 4. The first-order chi connectivity index (χ1) is 7.08. The summed E-state index contributed by atoms with van der Waals surface area (Å²) in [5.74, 6) is 0.698. The largest absolute Gasteiger partial charge is 0.481 e. The van der Waals surface area contributed by atoms with Gasteiger partial charge < -0.3 is 10.5 Å².